The zero-order valence-corrected chi connectivity index (χ0v) is 16.9. The van der Waals surface area contributed by atoms with Crippen LogP contribution in [0.5, 0.6) is 5.75 Å². The third-order valence-electron chi connectivity index (χ3n) is 4.69. The fraction of sp³-hybridized carbons (Fsp3) is 0.389. The molecule has 1 fully saturated rings. The van der Waals surface area contributed by atoms with Gasteiger partial charge in [0, 0.05) is 32.0 Å². The van der Waals surface area contributed by atoms with Crippen molar-refractivity contribution in [3.8, 4) is 11.8 Å². The molecule has 10 heteroatoms. The summed E-state index contributed by atoms with van der Waals surface area (Å²) in [6.07, 6.45) is 4.63. The van der Waals surface area contributed by atoms with E-state index in [9.17, 15) is 8.42 Å². The van der Waals surface area contributed by atoms with Crippen LogP contribution in [-0.4, -0.2) is 45.1 Å². The monoisotopic (exact) mass is 421 g/mol. The molecule has 1 aromatic carbocycles. The lowest BCUT2D eigenvalue weighted by Crippen LogP contribution is -2.39. The molecule has 0 bridgehead atoms. The van der Waals surface area contributed by atoms with Crippen LogP contribution < -0.4 is 14.4 Å². The smallest absolute Gasteiger partial charge is 0.240 e. The van der Waals surface area contributed by atoms with Crippen LogP contribution in [0.15, 0.2) is 35.5 Å². The van der Waals surface area contributed by atoms with E-state index in [4.69, 9.17) is 21.6 Å². The molecule has 0 atom stereocenters. The van der Waals surface area contributed by atoms with Gasteiger partial charge in [-0.3, -0.25) is 0 Å². The van der Waals surface area contributed by atoms with E-state index >= 15 is 0 Å². The Bertz CT molecular complexity index is 985. The standard InChI is InChI=1S/C18H20ClN5O3S/c1-27-17-3-2-14(10-15(17)19)28(25,26)23-12-13-4-8-24(9-5-13)18-16(11-20)21-6-7-22-18/h2-3,6-7,10,13,23H,4-5,8-9,12H2,1H3. The van der Waals surface area contributed by atoms with E-state index in [0.29, 0.717) is 36.9 Å². The number of nitrogens with zero attached hydrogens (tertiary/aromatic N) is 4. The summed E-state index contributed by atoms with van der Waals surface area (Å²) in [5, 5.41) is 9.41. The maximum Gasteiger partial charge on any atom is 0.240 e. The highest BCUT2D eigenvalue weighted by molar-refractivity contribution is 7.89. The minimum atomic E-state index is -3.65. The molecule has 8 nitrogen and oxygen atoms in total. The summed E-state index contributed by atoms with van der Waals surface area (Å²) in [5.74, 6) is 1.20. The Labute approximate surface area is 169 Å². The second-order valence-corrected chi connectivity index (χ2v) is 8.59. The van der Waals surface area contributed by atoms with Gasteiger partial charge in [-0.1, -0.05) is 11.6 Å². The molecule has 0 saturated carbocycles. The number of nitrogens with one attached hydrogen (secondary N) is 1. The number of nitriles is 1. The fourth-order valence-corrected chi connectivity index (χ4v) is 4.58. The zero-order chi connectivity index (χ0) is 20.1. The minimum Gasteiger partial charge on any atom is -0.495 e. The third kappa shape index (κ3) is 4.52. The predicted octanol–water partition coefficient (Wildman–Crippen LogP) is 2.21. The van der Waals surface area contributed by atoms with E-state index in [1.807, 2.05) is 4.90 Å². The summed E-state index contributed by atoms with van der Waals surface area (Å²) in [6, 6.07) is 6.43. The van der Waals surface area contributed by atoms with Gasteiger partial charge in [-0.25, -0.2) is 23.1 Å². The summed E-state index contributed by atoms with van der Waals surface area (Å²) >= 11 is 6.03. The van der Waals surface area contributed by atoms with Crippen LogP contribution >= 0.6 is 11.6 Å². The molecule has 0 aliphatic carbocycles. The lowest BCUT2D eigenvalue weighted by atomic mass is 9.97. The Morgan fingerprint density at radius 3 is 2.68 bits per heavy atom. The van der Waals surface area contributed by atoms with Gasteiger partial charge in [-0.2, -0.15) is 5.26 Å². The van der Waals surface area contributed by atoms with Crippen LogP contribution in [0.2, 0.25) is 5.02 Å². The van der Waals surface area contributed by atoms with Crippen LogP contribution in [0, 0.1) is 17.2 Å². The average molecular weight is 422 g/mol. The molecule has 28 heavy (non-hydrogen) atoms. The lowest BCUT2D eigenvalue weighted by Gasteiger charge is -2.32. The maximum absolute atomic E-state index is 12.5. The van der Waals surface area contributed by atoms with Gasteiger partial charge in [0.05, 0.1) is 17.0 Å². The number of sulfonamides is 1. The van der Waals surface area contributed by atoms with E-state index in [1.165, 1.54) is 31.5 Å². The van der Waals surface area contributed by atoms with Crippen molar-refractivity contribution in [2.75, 3.05) is 31.6 Å². The van der Waals surface area contributed by atoms with Crippen molar-refractivity contribution in [3.05, 3.63) is 41.3 Å². The molecule has 0 radical (unpaired) electrons. The fourth-order valence-electron chi connectivity index (χ4n) is 3.12. The molecular weight excluding hydrogens is 402 g/mol. The maximum atomic E-state index is 12.5. The number of piperidine rings is 1. The van der Waals surface area contributed by atoms with E-state index in [1.54, 1.807) is 6.20 Å². The second-order valence-electron chi connectivity index (χ2n) is 6.42. The van der Waals surface area contributed by atoms with Gasteiger partial charge in [0.15, 0.2) is 11.5 Å². The Morgan fingerprint density at radius 2 is 2.04 bits per heavy atom. The Hall–Kier alpha value is -2.41. The number of hydrogen-bond acceptors (Lipinski definition) is 7. The van der Waals surface area contributed by atoms with Gasteiger partial charge >= 0.3 is 0 Å². The molecule has 3 rings (SSSR count). The number of methoxy groups -OCH3 is 1. The summed E-state index contributed by atoms with van der Waals surface area (Å²) in [6.45, 7) is 1.72. The highest BCUT2D eigenvalue weighted by Gasteiger charge is 2.24. The highest BCUT2D eigenvalue weighted by Crippen LogP contribution is 2.27. The number of halogens is 1. The van der Waals surface area contributed by atoms with E-state index in [0.717, 1.165) is 12.8 Å². The molecule has 2 aromatic rings. The van der Waals surface area contributed by atoms with Gasteiger partial charge in [0.25, 0.3) is 0 Å². The quantitative estimate of drug-likeness (QED) is 0.761. The molecule has 1 aliphatic rings. The van der Waals surface area contributed by atoms with Crippen LogP contribution in [0.4, 0.5) is 5.82 Å². The number of hydrogen-bond donors (Lipinski definition) is 1. The summed E-state index contributed by atoms with van der Waals surface area (Å²) in [7, 11) is -2.18. The largest absolute Gasteiger partial charge is 0.495 e. The van der Waals surface area contributed by atoms with Gasteiger partial charge in [0.1, 0.15) is 11.8 Å². The number of benzene rings is 1. The topological polar surface area (TPSA) is 108 Å². The van der Waals surface area contributed by atoms with Crippen molar-refractivity contribution in [3.63, 3.8) is 0 Å². The van der Waals surface area contributed by atoms with Crippen molar-refractivity contribution in [2.24, 2.45) is 5.92 Å². The van der Waals surface area contributed by atoms with E-state index < -0.39 is 10.0 Å². The molecule has 1 aromatic heterocycles. The molecule has 0 unspecified atom stereocenters. The highest BCUT2D eigenvalue weighted by atomic mass is 35.5. The molecule has 1 N–H and O–H groups in total. The Kier molecular flexibility index (Phi) is 6.34. The summed E-state index contributed by atoms with van der Waals surface area (Å²) < 4.78 is 32.8. The first-order valence-corrected chi connectivity index (χ1v) is 10.6. The molecular formula is C18H20ClN5O3S. The van der Waals surface area contributed by atoms with Crippen molar-refractivity contribution < 1.29 is 13.2 Å². The Morgan fingerprint density at radius 1 is 1.32 bits per heavy atom. The third-order valence-corrected chi connectivity index (χ3v) is 6.41. The van der Waals surface area contributed by atoms with Crippen LogP contribution in [-0.2, 0) is 10.0 Å². The van der Waals surface area contributed by atoms with Gasteiger partial charge in [0.2, 0.25) is 10.0 Å². The van der Waals surface area contributed by atoms with Gasteiger partial charge in [-0.15, -0.1) is 0 Å². The molecule has 0 amide bonds. The van der Waals surface area contributed by atoms with Crippen LogP contribution in [0.1, 0.15) is 18.5 Å². The molecule has 2 heterocycles. The molecule has 148 valence electrons. The van der Waals surface area contributed by atoms with Crippen molar-refractivity contribution in [1.29, 1.82) is 5.26 Å². The first-order chi connectivity index (χ1) is 13.4. The normalized spacial score (nSPS) is 15.2. The lowest BCUT2D eigenvalue weighted by molar-refractivity contribution is 0.400. The second kappa shape index (κ2) is 8.73. The minimum absolute atomic E-state index is 0.106. The zero-order valence-electron chi connectivity index (χ0n) is 15.3. The van der Waals surface area contributed by atoms with Crippen LogP contribution in [0.25, 0.3) is 0 Å². The van der Waals surface area contributed by atoms with Crippen molar-refractivity contribution in [1.82, 2.24) is 14.7 Å². The van der Waals surface area contributed by atoms with Gasteiger partial charge in [-0.05, 0) is 37.0 Å². The molecule has 1 aliphatic heterocycles. The first kappa shape index (κ1) is 20.3. The van der Waals surface area contributed by atoms with E-state index in [2.05, 4.69) is 20.8 Å². The Balaban J connectivity index is 1.58. The van der Waals surface area contributed by atoms with E-state index in [-0.39, 0.29) is 15.8 Å². The number of aromatic nitrogens is 2. The van der Waals surface area contributed by atoms with Crippen molar-refractivity contribution in [2.45, 2.75) is 17.7 Å². The average Bonchev–Trinajstić information content (AvgIpc) is 2.72. The number of ether oxygens (including phenoxy) is 1. The van der Waals surface area contributed by atoms with Crippen LogP contribution in [0.3, 0.4) is 0 Å². The predicted molar refractivity (Wildman–Crippen MR) is 105 cm³/mol. The number of rotatable bonds is 6. The molecule has 1 saturated heterocycles. The molecule has 0 spiro atoms. The van der Waals surface area contributed by atoms with Crippen molar-refractivity contribution >= 4 is 27.4 Å². The van der Waals surface area contributed by atoms with Gasteiger partial charge < -0.3 is 9.64 Å². The first-order valence-electron chi connectivity index (χ1n) is 8.74. The summed E-state index contributed by atoms with van der Waals surface area (Å²) in [4.78, 5) is 10.4. The number of anilines is 1. The summed E-state index contributed by atoms with van der Waals surface area (Å²) in [5.41, 5.74) is 0.304. The SMILES string of the molecule is COc1ccc(S(=O)(=O)NCC2CCN(c3nccnc3C#N)CC2)cc1Cl.